The number of hydrogen-bond donors (Lipinski definition) is 1. The van der Waals surface area contributed by atoms with Gasteiger partial charge in [0.2, 0.25) is 0 Å². The van der Waals surface area contributed by atoms with Crippen LogP contribution in [0.25, 0.3) is 11.1 Å². The van der Waals surface area contributed by atoms with Crippen LogP contribution in [0.1, 0.15) is 30.5 Å². The van der Waals surface area contributed by atoms with Crippen LogP contribution in [-0.4, -0.2) is 7.11 Å². The first-order valence-electron chi connectivity index (χ1n) is 5.31. The van der Waals surface area contributed by atoms with Crippen molar-refractivity contribution < 1.29 is 9.13 Å². The van der Waals surface area contributed by atoms with E-state index in [0.717, 1.165) is 11.1 Å². The summed E-state index contributed by atoms with van der Waals surface area (Å²) in [5.41, 5.74) is 9.31. The number of anilines is 1. The van der Waals surface area contributed by atoms with E-state index in [4.69, 9.17) is 10.5 Å². The van der Waals surface area contributed by atoms with Gasteiger partial charge in [-0.1, -0.05) is 13.2 Å². The lowest BCUT2D eigenvalue weighted by Gasteiger charge is -2.15. The Balaban J connectivity index is 3.57. The second kappa shape index (κ2) is 5.15. The average molecular weight is 235 g/mol. The Kier molecular flexibility index (Phi) is 4.07. The van der Waals surface area contributed by atoms with Gasteiger partial charge in [-0.15, -0.1) is 0 Å². The van der Waals surface area contributed by atoms with E-state index in [1.54, 1.807) is 13.0 Å². The summed E-state index contributed by atoms with van der Waals surface area (Å²) < 4.78 is 19.1. The smallest absolute Gasteiger partial charge is 0.138 e. The van der Waals surface area contributed by atoms with Crippen molar-refractivity contribution in [3.8, 4) is 0 Å². The zero-order valence-electron chi connectivity index (χ0n) is 10.6. The van der Waals surface area contributed by atoms with Crippen LogP contribution >= 0.6 is 0 Å². The number of ether oxygens (including phenoxy) is 1. The van der Waals surface area contributed by atoms with Crippen molar-refractivity contribution in [1.29, 1.82) is 0 Å². The molecule has 0 aliphatic rings. The molecule has 0 fully saturated rings. The van der Waals surface area contributed by atoms with E-state index in [0.29, 0.717) is 22.4 Å². The van der Waals surface area contributed by atoms with Gasteiger partial charge in [0.1, 0.15) is 5.82 Å². The van der Waals surface area contributed by atoms with E-state index in [-0.39, 0.29) is 12.4 Å². The third-order valence-electron chi connectivity index (χ3n) is 2.57. The maximum absolute atomic E-state index is 14.2. The Morgan fingerprint density at radius 2 is 1.94 bits per heavy atom. The third kappa shape index (κ3) is 2.56. The van der Waals surface area contributed by atoms with Crippen molar-refractivity contribution in [2.45, 2.75) is 20.5 Å². The highest BCUT2D eigenvalue weighted by Gasteiger charge is 2.17. The molecule has 1 rings (SSSR count). The van der Waals surface area contributed by atoms with E-state index in [2.05, 4.69) is 13.2 Å². The first-order valence-corrected chi connectivity index (χ1v) is 5.31. The summed E-state index contributed by atoms with van der Waals surface area (Å²) >= 11 is 0. The molecular formula is C14H18FNO. The summed E-state index contributed by atoms with van der Waals surface area (Å²) in [5.74, 6) is -0.359. The first-order chi connectivity index (χ1) is 7.90. The lowest BCUT2D eigenvalue weighted by molar-refractivity contribution is 0.181. The number of allylic oxidation sites excluding steroid dienone is 2. The Hall–Kier alpha value is -1.61. The molecule has 0 aliphatic carbocycles. The highest BCUT2D eigenvalue weighted by molar-refractivity contribution is 5.83. The summed E-state index contributed by atoms with van der Waals surface area (Å²) in [7, 11) is 1.52. The Bertz CT molecular complexity index is 478. The van der Waals surface area contributed by atoms with Gasteiger partial charge in [-0.3, -0.25) is 0 Å². The lowest BCUT2D eigenvalue weighted by atomic mass is 9.95. The van der Waals surface area contributed by atoms with Crippen LogP contribution in [0.5, 0.6) is 0 Å². The van der Waals surface area contributed by atoms with E-state index < -0.39 is 0 Å². The van der Waals surface area contributed by atoms with E-state index in [1.165, 1.54) is 7.11 Å². The molecule has 92 valence electrons. The SMILES string of the molecule is C=C(C)c1cc(COC)c(F)c(C(=C)C)c1N. The van der Waals surface area contributed by atoms with Gasteiger partial charge in [-0.05, 0) is 31.1 Å². The molecule has 0 heterocycles. The van der Waals surface area contributed by atoms with Crippen molar-refractivity contribution in [3.63, 3.8) is 0 Å². The normalized spacial score (nSPS) is 10.4. The van der Waals surface area contributed by atoms with Gasteiger partial charge < -0.3 is 10.5 Å². The summed E-state index contributed by atoms with van der Waals surface area (Å²) in [5, 5.41) is 0. The molecule has 0 radical (unpaired) electrons. The van der Waals surface area contributed by atoms with Crippen LogP contribution in [0, 0.1) is 5.82 Å². The van der Waals surface area contributed by atoms with Gasteiger partial charge in [-0.2, -0.15) is 0 Å². The highest BCUT2D eigenvalue weighted by atomic mass is 19.1. The van der Waals surface area contributed by atoms with Gasteiger partial charge >= 0.3 is 0 Å². The topological polar surface area (TPSA) is 35.2 Å². The fourth-order valence-electron chi connectivity index (χ4n) is 1.76. The molecule has 17 heavy (non-hydrogen) atoms. The van der Waals surface area contributed by atoms with Crippen LogP contribution in [0.15, 0.2) is 19.2 Å². The van der Waals surface area contributed by atoms with Crippen LogP contribution in [0.2, 0.25) is 0 Å². The highest BCUT2D eigenvalue weighted by Crippen LogP contribution is 2.32. The molecule has 3 heteroatoms. The van der Waals surface area contributed by atoms with Crippen molar-refractivity contribution in [1.82, 2.24) is 0 Å². The predicted molar refractivity (Wildman–Crippen MR) is 70.9 cm³/mol. The minimum atomic E-state index is -0.359. The zero-order chi connectivity index (χ0) is 13.2. The molecule has 2 nitrogen and oxygen atoms in total. The predicted octanol–water partition coefficient (Wildman–Crippen LogP) is 3.62. The van der Waals surface area contributed by atoms with Crippen LogP contribution in [0.4, 0.5) is 10.1 Å². The number of methoxy groups -OCH3 is 1. The molecule has 0 saturated carbocycles. The summed E-state index contributed by atoms with van der Waals surface area (Å²) in [6.45, 7) is 11.4. The molecule has 1 aromatic rings. The van der Waals surface area contributed by atoms with Crippen LogP contribution in [0.3, 0.4) is 0 Å². The summed E-state index contributed by atoms with van der Waals surface area (Å²) in [4.78, 5) is 0. The number of benzene rings is 1. The van der Waals surface area contributed by atoms with E-state index in [1.807, 2.05) is 6.92 Å². The van der Waals surface area contributed by atoms with Gasteiger partial charge in [-0.25, -0.2) is 4.39 Å². The molecule has 0 spiro atoms. The maximum Gasteiger partial charge on any atom is 0.138 e. The molecule has 0 atom stereocenters. The quantitative estimate of drug-likeness (QED) is 0.809. The van der Waals surface area contributed by atoms with Crippen LogP contribution in [-0.2, 0) is 11.3 Å². The van der Waals surface area contributed by atoms with Crippen LogP contribution < -0.4 is 5.73 Å². The Morgan fingerprint density at radius 1 is 1.35 bits per heavy atom. The van der Waals surface area contributed by atoms with Gasteiger partial charge in [0.15, 0.2) is 0 Å². The minimum Gasteiger partial charge on any atom is -0.398 e. The van der Waals surface area contributed by atoms with Crippen molar-refractivity contribution in [2.24, 2.45) is 0 Å². The number of rotatable bonds is 4. The van der Waals surface area contributed by atoms with E-state index >= 15 is 0 Å². The molecule has 1 aromatic carbocycles. The third-order valence-corrected chi connectivity index (χ3v) is 2.57. The molecule has 0 aromatic heterocycles. The Labute approximate surface area is 102 Å². The van der Waals surface area contributed by atoms with Gasteiger partial charge in [0.05, 0.1) is 6.61 Å². The Morgan fingerprint density at radius 3 is 2.35 bits per heavy atom. The monoisotopic (exact) mass is 235 g/mol. The summed E-state index contributed by atoms with van der Waals surface area (Å²) in [6.07, 6.45) is 0. The first kappa shape index (κ1) is 13.5. The van der Waals surface area contributed by atoms with E-state index in [9.17, 15) is 4.39 Å². The zero-order valence-corrected chi connectivity index (χ0v) is 10.6. The number of hydrogen-bond acceptors (Lipinski definition) is 2. The molecule has 0 aliphatic heterocycles. The fraction of sp³-hybridized carbons (Fsp3) is 0.286. The number of halogens is 1. The molecule has 0 saturated heterocycles. The molecule has 2 N–H and O–H groups in total. The van der Waals surface area contributed by atoms with Crippen molar-refractivity contribution >= 4 is 16.8 Å². The standard InChI is InChI=1S/C14H18FNO/c1-8(2)11-6-10(7-17-5)13(15)12(9(3)4)14(11)16/h6H,1,3,7,16H2,2,4-5H3. The molecule has 0 bridgehead atoms. The number of nitrogen functional groups attached to an aromatic ring is 1. The molecule has 0 amide bonds. The second-order valence-corrected chi connectivity index (χ2v) is 4.18. The average Bonchev–Trinajstić information content (AvgIpc) is 2.21. The largest absolute Gasteiger partial charge is 0.398 e. The lowest BCUT2D eigenvalue weighted by Crippen LogP contribution is -2.05. The van der Waals surface area contributed by atoms with Crippen molar-refractivity contribution in [3.05, 3.63) is 41.7 Å². The molecule has 0 unspecified atom stereocenters. The minimum absolute atomic E-state index is 0.201. The molecular weight excluding hydrogens is 217 g/mol. The van der Waals surface area contributed by atoms with Gasteiger partial charge in [0.25, 0.3) is 0 Å². The van der Waals surface area contributed by atoms with Gasteiger partial charge in [0, 0.05) is 29.5 Å². The van der Waals surface area contributed by atoms with Crippen molar-refractivity contribution in [2.75, 3.05) is 12.8 Å². The summed E-state index contributed by atoms with van der Waals surface area (Å²) in [6, 6.07) is 1.68. The second-order valence-electron chi connectivity index (χ2n) is 4.18. The fourth-order valence-corrected chi connectivity index (χ4v) is 1.76. The number of nitrogens with two attached hydrogens (primary N) is 1. The maximum atomic E-state index is 14.2.